The second-order valence-corrected chi connectivity index (χ2v) is 4.11. The Hall–Kier alpha value is -1.55. The van der Waals surface area contributed by atoms with E-state index in [1.807, 2.05) is 18.2 Å². The van der Waals surface area contributed by atoms with E-state index in [9.17, 15) is 0 Å². The number of aromatic nitrogens is 2. The van der Waals surface area contributed by atoms with Crippen LogP contribution in [-0.4, -0.2) is 17.1 Å². The van der Waals surface area contributed by atoms with Crippen LogP contribution in [0.1, 0.15) is 5.56 Å². The van der Waals surface area contributed by atoms with Crippen molar-refractivity contribution in [2.24, 2.45) is 0 Å². The molecule has 3 nitrogen and oxygen atoms in total. The molecule has 0 radical (unpaired) electrons. The van der Waals surface area contributed by atoms with Crippen molar-refractivity contribution < 1.29 is 4.74 Å². The predicted octanol–water partition coefficient (Wildman–Crippen LogP) is 2.78. The smallest absolute Gasteiger partial charge is 0.246 e. The van der Waals surface area contributed by atoms with Crippen molar-refractivity contribution >= 4 is 11.8 Å². The predicted molar refractivity (Wildman–Crippen MR) is 64.6 cm³/mol. The molecule has 0 fully saturated rings. The molecule has 0 aliphatic heterocycles. The zero-order valence-electron chi connectivity index (χ0n) is 8.96. The minimum atomic E-state index is 0.587. The summed E-state index contributed by atoms with van der Waals surface area (Å²) in [4.78, 5) is 8.34. The highest BCUT2D eigenvalue weighted by molar-refractivity contribution is 7.98. The van der Waals surface area contributed by atoms with Gasteiger partial charge < -0.3 is 4.74 Å². The van der Waals surface area contributed by atoms with E-state index in [0.29, 0.717) is 5.88 Å². The Morgan fingerprint density at radius 1 is 1.12 bits per heavy atom. The van der Waals surface area contributed by atoms with E-state index in [4.69, 9.17) is 4.74 Å². The molecule has 82 valence electrons. The molecular weight excluding hydrogens is 220 g/mol. The standard InChI is InChI=1S/C12H12N2OS/c1-15-11-12(14-8-7-13-11)16-9-10-5-3-2-4-6-10/h2-8H,9H2,1H3. The van der Waals surface area contributed by atoms with Gasteiger partial charge in [0.15, 0.2) is 5.03 Å². The Bertz CT molecular complexity index is 448. The van der Waals surface area contributed by atoms with Crippen LogP contribution in [0, 0.1) is 0 Å². The maximum atomic E-state index is 5.14. The molecule has 2 aromatic rings. The fourth-order valence-electron chi connectivity index (χ4n) is 1.28. The molecule has 16 heavy (non-hydrogen) atoms. The van der Waals surface area contributed by atoms with E-state index in [0.717, 1.165) is 10.8 Å². The van der Waals surface area contributed by atoms with E-state index in [2.05, 4.69) is 22.1 Å². The number of rotatable bonds is 4. The van der Waals surface area contributed by atoms with Gasteiger partial charge in [-0.15, -0.1) is 0 Å². The lowest BCUT2D eigenvalue weighted by molar-refractivity contribution is 0.382. The monoisotopic (exact) mass is 232 g/mol. The number of nitrogens with zero attached hydrogens (tertiary/aromatic N) is 2. The van der Waals surface area contributed by atoms with Crippen molar-refractivity contribution in [3.05, 3.63) is 48.3 Å². The highest BCUT2D eigenvalue weighted by Gasteiger charge is 2.05. The van der Waals surface area contributed by atoms with Crippen LogP contribution in [-0.2, 0) is 5.75 Å². The normalized spacial score (nSPS) is 10.1. The molecule has 1 aromatic carbocycles. The summed E-state index contributed by atoms with van der Waals surface area (Å²) in [6.07, 6.45) is 3.31. The second kappa shape index (κ2) is 5.51. The topological polar surface area (TPSA) is 35.0 Å². The molecule has 0 N–H and O–H groups in total. The summed E-state index contributed by atoms with van der Waals surface area (Å²) in [5.41, 5.74) is 1.26. The van der Waals surface area contributed by atoms with E-state index in [1.54, 1.807) is 31.3 Å². The largest absolute Gasteiger partial charge is 0.479 e. The molecule has 0 spiro atoms. The van der Waals surface area contributed by atoms with Gasteiger partial charge in [0.2, 0.25) is 5.88 Å². The van der Waals surface area contributed by atoms with Crippen LogP contribution in [0.3, 0.4) is 0 Å². The summed E-state index contributed by atoms with van der Waals surface area (Å²) in [7, 11) is 1.61. The second-order valence-electron chi connectivity index (χ2n) is 3.15. The Morgan fingerprint density at radius 3 is 2.62 bits per heavy atom. The molecule has 1 heterocycles. The van der Waals surface area contributed by atoms with Crippen LogP contribution in [0.2, 0.25) is 0 Å². The molecule has 0 saturated carbocycles. The van der Waals surface area contributed by atoms with Crippen LogP contribution < -0.4 is 4.74 Å². The van der Waals surface area contributed by atoms with Crippen molar-refractivity contribution in [1.82, 2.24) is 9.97 Å². The van der Waals surface area contributed by atoms with Gasteiger partial charge >= 0.3 is 0 Å². The number of thioether (sulfide) groups is 1. The van der Waals surface area contributed by atoms with Crippen LogP contribution in [0.4, 0.5) is 0 Å². The van der Waals surface area contributed by atoms with Gasteiger partial charge in [-0.2, -0.15) is 0 Å². The minimum absolute atomic E-state index is 0.587. The number of hydrogen-bond acceptors (Lipinski definition) is 4. The molecule has 0 aliphatic carbocycles. The third-order valence-electron chi connectivity index (χ3n) is 2.04. The van der Waals surface area contributed by atoms with Gasteiger partial charge in [0.1, 0.15) is 0 Å². The average molecular weight is 232 g/mol. The van der Waals surface area contributed by atoms with Gasteiger partial charge in [-0.25, -0.2) is 9.97 Å². The molecular formula is C12H12N2OS. The van der Waals surface area contributed by atoms with Gasteiger partial charge in [0.25, 0.3) is 0 Å². The van der Waals surface area contributed by atoms with Crippen molar-refractivity contribution in [2.45, 2.75) is 10.8 Å². The summed E-state index contributed by atoms with van der Waals surface area (Å²) in [6.45, 7) is 0. The van der Waals surface area contributed by atoms with Crippen molar-refractivity contribution in [3.63, 3.8) is 0 Å². The van der Waals surface area contributed by atoms with Crippen LogP contribution in [0.15, 0.2) is 47.8 Å². The first-order valence-corrected chi connectivity index (χ1v) is 5.90. The lowest BCUT2D eigenvalue weighted by Gasteiger charge is -2.04. The number of hydrogen-bond donors (Lipinski definition) is 0. The summed E-state index contributed by atoms with van der Waals surface area (Å²) in [6, 6.07) is 10.3. The van der Waals surface area contributed by atoms with E-state index in [1.165, 1.54) is 5.56 Å². The molecule has 1 aromatic heterocycles. The Labute approximate surface area is 98.9 Å². The van der Waals surface area contributed by atoms with Crippen molar-refractivity contribution in [2.75, 3.05) is 7.11 Å². The first-order valence-electron chi connectivity index (χ1n) is 4.92. The van der Waals surface area contributed by atoms with Gasteiger partial charge in [-0.3, -0.25) is 0 Å². The SMILES string of the molecule is COc1nccnc1SCc1ccccc1. The van der Waals surface area contributed by atoms with E-state index < -0.39 is 0 Å². The zero-order valence-corrected chi connectivity index (χ0v) is 9.78. The highest BCUT2D eigenvalue weighted by atomic mass is 32.2. The van der Waals surface area contributed by atoms with E-state index >= 15 is 0 Å². The fraction of sp³-hybridized carbons (Fsp3) is 0.167. The minimum Gasteiger partial charge on any atom is -0.479 e. The zero-order chi connectivity index (χ0) is 11.2. The molecule has 0 saturated heterocycles. The summed E-state index contributed by atoms with van der Waals surface area (Å²) >= 11 is 1.63. The first-order chi connectivity index (χ1) is 7.90. The fourth-order valence-corrected chi connectivity index (χ4v) is 2.17. The van der Waals surface area contributed by atoms with Gasteiger partial charge in [0.05, 0.1) is 7.11 Å². The number of benzene rings is 1. The highest BCUT2D eigenvalue weighted by Crippen LogP contribution is 2.26. The summed E-state index contributed by atoms with van der Waals surface area (Å²) in [5, 5.41) is 0.828. The lowest BCUT2D eigenvalue weighted by atomic mass is 10.2. The molecule has 0 amide bonds. The summed E-state index contributed by atoms with van der Waals surface area (Å²) < 4.78 is 5.14. The average Bonchev–Trinajstić information content (AvgIpc) is 2.38. The first kappa shape index (κ1) is 11.0. The third-order valence-corrected chi connectivity index (χ3v) is 3.08. The third kappa shape index (κ3) is 2.73. The number of ether oxygens (including phenoxy) is 1. The van der Waals surface area contributed by atoms with Crippen LogP contribution >= 0.6 is 11.8 Å². The maximum Gasteiger partial charge on any atom is 0.246 e. The molecule has 2 rings (SSSR count). The van der Waals surface area contributed by atoms with Crippen molar-refractivity contribution in [3.8, 4) is 5.88 Å². The molecule has 0 atom stereocenters. The van der Waals surface area contributed by atoms with Crippen molar-refractivity contribution in [1.29, 1.82) is 0 Å². The molecule has 0 bridgehead atoms. The molecule has 0 aliphatic rings. The lowest BCUT2D eigenvalue weighted by Crippen LogP contribution is -1.92. The summed E-state index contributed by atoms with van der Waals surface area (Å²) in [5.74, 6) is 1.46. The number of methoxy groups -OCH3 is 1. The Kier molecular flexibility index (Phi) is 3.77. The quantitative estimate of drug-likeness (QED) is 0.759. The Morgan fingerprint density at radius 2 is 1.88 bits per heavy atom. The Balaban J connectivity index is 2.05. The molecule has 0 unspecified atom stereocenters. The van der Waals surface area contributed by atoms with Gasteiger partial charge in [0, 0.05) is 18.1 Å². The van der Waals surface area contributed by atoms with Gasteiger partial charge in [-0.05, 0) is 5.56 Å². The maximum absolute atomic E-state index is 5.14. The van der Waals surface area contributed by atoms with Crippen LogP contribution in [0.25, 0.3) is 0 Å². The molecule has 4 heteroatoms. The van der Waals surface area contributed by atoms with Crippen LogP contribution in [0.5, 0.6) is 5.88 Å². The van der Waals surface area contributed by atoms with Gasteiger partial charge in [-0.1, -0.05) is 42.1 Å². The van der Waals surface area contributed by atoms with E-state index in [-0.39, 0.29) is 0 Å².